The molecular formula is C46H74O17. The first-order chi connectivity index (χ1) is 29.5. The van der Waals surface area contributed by atoms with E-state index < -0.39 is 97.9 Å². The summed E-state index contributed by atoms with van der Waals surface area (Å²) in [6, 6.07) is 0. The van der Waals surface area contributed by atoms with Crippen LogP contribution in [0.2, 0.25) is 0 Å². The molecule has 5 aliphatic carbocycles. The molecule has 0 unspecified atom stereocenters. The highest BCUT2D eigenvalue weighted by Crippen LogP contribution is 2.76. The highest BCUT2D eigenvalue weighted by atomic mass is 16.8. The van der Waals surface area contributed by atoms with Crippen molar-refractivity contribution in [1.29, 1.82) is 0 Å². The molecule has 0 aromatic carbocycles. The summed E-state index contributed by atoms with van der Waals surface area (Å²) in [5.74, 6) is -0.249. The van der Waals surface area contributed by atoms with Crippen molar-refractivity contribution in [2.45, 2.75) is 192 Å². The molecule has 8 aliphatic rings. The Morgan fingerprint density at radius 2 is 1.33 bits per heavy atom. The van der Waals surface area contributed by atoms with Gasteiger partial charge in [0.25, 0.3) is 0 Å². The normalized spacial score (nSPS) is 54.5. The van der Waals surface area contributed by atoms with Gasteiger partial charge >= 0.3 is 5.97 Å². The molecule has 10 N–H and O–H groups in total. The zero-order valence-corrected chi connectivity index (χ0v) is 37.6. The van der Waals surface area contributed by atoms with Crippen LogP contribution in [0, 0.1) is 50.2 Å². The van der Waals surface area contributed by atoms with Crippen molar-refractivity contribution in [3.63, 3.8) is 0 Å². The molecule has 0 spiro atoms. The maximum absolute atomic E-state index is 13.1. The van der Waals surface area contributed by atoms with Gasteiger partial charge in [-0.15, -0.1) is 0 Å². The predicted molar refractivity (Wildman–Crippen MR) is 220 cm³/mol. The second-order valence-corrected chi connectivity index (χ2v) is 22.4. The van der Waals surface area contributed by atoms with E-state index in [-0.39, 0.29) is 64.8 Å². The number of ether oxygens (including phenoxy) is 6. The van der Waals surface area contributed by atoms with Crippen molar-refractivity contribution >= 4 is 5.97 Å². The van der Waals surface area contributed by atoms with Gasteiger partial charge in [0.2, 0.25) is 0 Å². The molecule has 0 bridgehead atoms. The van der Waals surface area contributed by atoms with Crippen molar-refractivity contribution in [3.05, 3.63) is 11.6 Å². The first-order valence-corrected chi connectivity index (χ1v) is 23.3. The van der Waals surface area contributed by atoms with E-state index in [0.29, 0.717) is 38.0 Å². The Hall–Kier alpha value is -1.39. The van der Waals surface area contributed by atoms with E-state index in [1.54, 1.807) is 0 Å². The molecule has 17 nitrogen and oxygen atoms in total. The van der Waals surface area contributed by atoms with Crippen LogP contribution in [0.1, 0.15) is 106 Å². The van der Waals surface area contributed by atoms with E-state index in [1.807, 2.05) is 0 Å². The first kappa shape index (κ1) is 48.1. The Morgan fingerprint density at radius 3 is 2.00 bits per heavy atom. The zero-order valence-electron chi connectivity index (χ0n) is 37.6. The molecule has 3 saturated heterocycles. The number of allylic oxidation sites excluding steroid dienone is 2. The van der Waals surface area contributed by atoms with Crippen LogP contribution in [-0.4, -0.2) is 169 Å². The summed E-state index contributed by atoms with van der Waals surface area (Å²) >= 11 is 0. The number of carbonyl (C=O) groups is 1. The SMILES string of the molecule is CC1(C)[C@@H](O[C@@H]2OC[C@H](O)[C@H](O[C@@H]3O[C@H](CO)[C@@H](O[C@@H]4OC[C@@H](O)[C@H](O)[C@H]4O)[C@H](O)[C@H]3O)[C@H]2O)CC[C@]2(C)[C@H]3CC=C4[C@@H]5C[C@](C)(CO)CC[C@]5(C(=O)O)CC[C@@]4(C)[C@]3(C)CC[C@@H]12. The fourth-order valence-electron chi connectivity index (χ4n) is 14.7. The van der Waals surface area contributed by atoms with E-state index in [4.69, 9.17) is 28.4 Å². The molecular weight excluding hydrogens is 824 g/mol. The lowest BCUT2D eigenvalue weighted by Gasteiger charge is -2.71. The lowest BCUT2D eigenvalue weighted by Crippen LogP contribution is -2.66. The van der Waals surface area contributed by atoms with Crippen LogP contribution < -0.4 is 0 Å². The van der Waals surface area contributed by atoms with Crippen molar-refractivity contribution in [2.24, 2.45) is 50.2 Å². The van der Waals surface area contributed by atoms with Crippen LogP contribution in [0.3, 0.4) is 0 Å². The van der Waals surface area contributed by atoms with Gasteiger partial charge < -0.3 is 79.5 Å². The molecule has 0 aromatic heterocycles. The summed E-state index contributed by atoms with van der Waals surface area (Å²) in [6.45, 7) is 12.5. The molecule has 7 fully saturated rings. The summed E-state index contributed by atoms with van der Waals surface area (Å²) in [4.78, 5) is 13.1. The van der Waals surface area contributed by atoms with Gasteiger partial charge in [-0.05, 0) is 109 Å². The second kappa shape index (κ2) is 17.0. The van der Waals surface area contributed by atoms with Crippen molar-refractivity contribution < 1.29 is 84.3 Å². The molecule has 3 heterocycles. The van der Waals surface area contributed by atoms with E-state index in [9.17, 15) is 55.9 Å². The van der Waals surface area contributed by atoms with Crippen LogP contribution >= 0.6 is 0 Å². The van der Waals surface area contributed by atoms with Gasteiger partial charge in [0, 0.05) is 6.61 Å². The van der Waals surface area contributed by atoms with Gasteiger partial charge in [-0.1, -0.05) is 53.2 Å². The average molecular weight is 899 g/mol. The standard InChI is InChI=1S/C46H74O17/c1-41(2)27-9-12-45(6)28(8-7-22-23-17-42(3,21-48)13-15-46(23,40(56)57)16-14-44(22,45)5)43(27,4)11-10-29(41)61-38-34(55)35(25(50)20-59-38)62-39-33(54)31(52)36(26(18-47)60-39)63-37-32(53)30(51)24(49)19-58-37/h7,23-39,47-55H,8-21H2,1-6H3,(H,56,57)/t23-,24+,25-,26+,27-,28+,29-,30-,31+,32+,33+,34+,35-,36+,37-,38-,39-,42+,43-,44+,45+,46-/m0/s1. The van der Waals surface area contributed by atoms with Gasteiger partial charge in [0.05, 0.1) is 31.3 Å². The topological polar surface area (TPSA) is 275 Å². The number of aliphatic hydroxyl groups excluding tert-OH is 9. The van der Waals surface area contributed by atoms with Crippen molar-refractivity contribution in [1.82, 2.24) is 0 Å². The Morgan fingerprint density at radius 1 is 0.698 bits per heavy atom. The van der Waals surface area contributed by atoms with Gasteiger partial charge in [-0.2, -0.15) is 0 Å². The number of aliphatic hydroxyl groups is 9. The van der Waals surface area contributed by atoms with Crippen LogP contribution in [0.5, 0.6) is 0 Å². The van der Waals surface area contributed by atoms with E-state index in [1.165, 1.54) is 5.57 Å². The number of carboxylic acids is 1. The third-order valence-corrected chi connectivity index (χ3v) is 18.8. The zero-order chi connectivity index (χ0) is 45.8. The maximum atomic E-state index is 13.1. The summed E-state index contributed by atoms with van der Waals surface area (Å²) < 4.78 is 35.3. The number of hydrogen-bond donors (Lipinski definition) is 10. The summed E-state index contributed by atoms with van der Waals surface area (Å²) in [6.07, 6.45) is -10.1. The monoisotopic (exact) mass is 898 g/mol. The molecule has 17 heteroatoms. The molecule has 63 heavy (non-hydrogen) atoms. The number of fused-ring (bicyclic) bond motifs is 7. The fraction of sp³-hybridized carbons (Fsp3) is 0.935. The first-order valence-electron chi connectivity index (χ1n) is 23.3. The molecule has 22 atom stereocenters. The van der Waals surface area contributed by atoms with Crippen LogP contribution in [0.4, 0.5) is 0 Å². The average Bonchev–Trinajstić information content (AvgIpc) is 3.23. The Labute approximate surface area is 369 Å². The molecule has 0 aromatic rings. The molecule has 360 valence electrons. The number of aliphatic carboxylic acids is 1. The number of hydrogen-bond acceptors (Lipinski definition) is 16. The summed E-state index contributed by atoms with van der Waals surface area (Å²) in [7, 11) is 0. The lowest BCUT2D eigenvalue weighted by atomic mass is 9.33. The minimum absolute atomic E-state index is 0.0488. The third kappa shape index (κ3) is 7.50. The molecule has 8 rings (SSSR count). The highest BCUT2D eigenvalue weighted by Gasteiger charge is 2.70. The van der Waals surface area contributed by atoms with E-state index in [2.05, 4.69) is 47.6 Å². The minimum Gasteiger partial charge on any atom is -0.481 e. The van der Waals surface area contributed by atoms with E-state index >= 15 is 0 Å². The van der Waals surface area contributed by atoms with Gasteiger partial charge in [-0.3, -0.25) is 4.79 Å². The Bertz CT molecular complexity index is 1710. The van der Waals surface area contributed by atoms with Crippen LogP contribution in [-0.2, 0) is 33.2 Å². The molecule has 0 amide bonds. The lowest BCUT2D eigenvalue weighted by molar-refractivity contribution is -0.373. The van der Waals surface area contributed by atoms with Crippen LogP contribution in [0.15, 0.2) is 11.6 Å². The van der Waals surface area contributed by atoms with Crippen molar-refractivity contribution in [2.75, 3.05) is 26.4 Å². The molecule has 4 saturated carbocycles. The Balaban J connectivity index is 0.954. The van der Waals surface area contributed by atoms with Gasteiger partial charge in [-0.25, -0.2) is 0 Å². The second-order valence-electron chi connectivity index (χ2n) is 22.4. The molecule has 3 aliphatic heterocycles. The maximum Gasteiger partial charge on any atom is 0.310 e. The number of carboxylic acid groups (broad SMARTS) is 1. The highest BCUT2D eigenvalue weighted by molar-refractivity contribution is 5.76. The minimum atomic E-state index is -1.83. The quantitative estimate of drug-likeness (QED) is 0.114. The predicted octanol–water partition coefficient (Wildman–Crippen LogP) is 0.957. The number of rotatable bonds is 9. The summed E-state index contributed by atoms with van der Waals surface area (Å²) in [5.41, 5.74) is -0.538. The van der Waals surface area contributed by atoms with Crippen molar-refractivity contribution in [3.8, 4) is 0 Å². The Kier molecular flexibility index (Phi) is 13.0. The van der Waals surface area contributed by atoms with Gasteiger partial charge in [0.1, 0.15) is 61.0 Å². The van der Waals surface area contributed by atoms with E-state index in [0.717, 1.165) is 32.1 Å². The van der Waals surface area contributed by atoms with Gasteiger partial charge in [0.15, 0.2) is 18.9 Å². The summed E-state index contributed by atoms with van der Waals surface area (Å²) in [5, 5.41) is 107. The largest absolute Gasteiger partial charge is 0.481 e. The van der Waals surface area contributed by atoms with Crippen LogP contribution in [0.25, 0.3) is 0 Å². The third-order valence-electron chi connectivity index (χ3n) is 18.8. The molecule has 0 radical (unpaired) electrons. The fourth-order valence-corrected chi connectivity index (χ4v) is 14.7. The smallest absolute Gasteiger partial charge is 0.310 e.